The van der Waals surface area contributed by atoms with Crippen LogP contribution in [0, 0.1) is 15.2 Å². The number of hydrogen-bond donors (Lipinski definition) is 1. The number of hydrogen-bond acceptors (Lipinski definition) is 4. The standard InChI is InChI=1S/C18H18F2INO4.C2H6/c1-10(23)8-26-9-17(24)13-7-15(20)18(25)22(2)16(13)5-11-3-4-12(21)6-14(11)19;1-2/h3-4,6-7,10,23H,5,8-9H2,1-2H3;1-2H3/t10-;/m0./s1. The summed E-state index contributed by atoms with van der Waals surface area (Å²) in [7, 11) is 1.33. The van der Waals surface area contributed by atoms with Crippen molar-refractivity contribution in [2.24, 2.45) is 7.05 Å². The monoisotopic (exact) mass is 507 g/mol. The molecule has 0 saturated carbocycles. The Morgan fingerprint density at radius 2 is 1.89 bits per heavy atom. The number of aliphatic hydroxyl groups is 1. The molecule has 1 aromatic heterocycles. The topological polar surface area (TPSA) is 68.5 Å². The zero-order valence-electron chi connectivity index (χ0n) is 16.3. The largest absolute Gasteiger partial charge is 0.391 e. The highest BCUT2D eigenvalue weighted by Crippen LogP contribution is 2.19. The maximum absolute atomic E-state index is 14.2. The highest BCUT2D eigenvalue weighted by atomic mass is 127. The number of ketones is 1. The Bertz CT molecular complexity index is 881. The molecule has 0 unspecified atom stereocenters. The summed E-state index contributed by atoms with van der Waals surface area (Å²) in [6.07, 6.45) is -0.799. The van der Waals surface area contributed by atoms with Crippen LogP contribution in [0.3, 0.4) is 0 Å². The molecule has 0 aliphatic carbocycles. The van der Waals surface area contributed by atoms with E-state index >= 15 is 0 Å². The summed E-state index contributed by atoms with van der Waals surface area (Å²) in [4.78, 5) is 24.3. The van der Waals surface area contributed by atoms with Crippen molar-refractivity contribution < 1.29 is 23.4 Å². The van der Waals surface area contributed by atoms with Gasteiger partial charge in [-0.05, 0) is 53.3 Å². The quantitative estimate of drug-likeness (QED) is 0.461. The molecule has 1 aromatic carbocycles. The molecule has 8 heteroatoms. The second-order valence-electron chi connectivity index (χ2n) is 5.92. The van der Waals surface area contributed by atoms with Crippen molar-refractivity contribution in [2.45, 2.75) is 33.3 Å². The number of benzene rings is 1. The first-order valence-electron chi connectivity index (χ1n) is 8.82. The van der Waals surface area contributed by atoms with Crippen LogP contribution in [-0.4, -0.2) is 34.8 Å². The number of Topliss-reactive ketones (excluding diaryl/α,β-unsaturated/α-hetero) is 1. The molecule has 0 fully saturated rings. The van der Waals surface area contributed by atoms with E-state index in [0.717, 1.165) is 10.6 Å². The van der Waals surface area contributed by atoms with Crippen molar-refractivity contribution in [3.05, 3.63) is 66.6 Å². The Morgan fingerprint density at radius 3 is 2.46 bits per heavy atom. The molecule has 0 saturated heterocycles. The van der Waals surface area contributed by atoms with Gasteiger partial charge in [0.25, 0.3) is 5.56 Å². The van der Waals surface area contributed by atoms with Crippen LogP contribution in [-0.2, 0) is 18.2 Å². The number of nitrogens with zero attached hydrogens (tertiary/aromatic N) is 1. The fourth-order valence-electron chi connectivity index (χ4n) is 2.44. The normalized spacial score (nSPS) is 11.6. The summed E-state index contributed by atoms with van der Waals surface area (Å²) in [5.74, 6) is -2.10. The molecule has 1 atom stereocenters. The average molecular weight is 507 g/mol. The Kier molecular flexibility index (Phi) is 9.91. The highest BCUT2D eigenvalue weighted by molar-refractivity contribution is 14.1. The van der Waals surface area contributed by atoms with Crippen LogP contribution in [0.1, 0.15) is 42.4 Å². The first-order chi connectivity index (χ1) is 13.2. The lowest BCUT2D eigenvalue weighted by Gasteiger charge is -2.15. The van der Waals surface area contributed by atoms with E-state index in [0.29, 0.717) is 3.57 Å². The molecule has 0 radical (unpaired) electrons. The molecule has 5 nitrogen and oxygen atoms in total. The van der Waals surface area contributed by atoms with Gasteiger partial charge in [-0.1, -0.05) is 19.9 Å². The molecule has 0 aliphatic heterocycles. The van der Waals surface area contributed by atoms with Gasteiger partial charge in [-0.15, -0.1) is 0 Å². The molecular weight excluding hydrogens is 483 g/mol. The Hall–Kier alpha value is -1.65. The first kappa shape index (κ1) is 24.4. The number of carbonyl (C=O) groups excluding carboxylic acids is 1. The molecular formula is C20H24F2INO4. The van der Waals surface area contributed by atoms with E-state index in [9.17, 15) is 23.5 Å². The SMILES string of the molecule is CC.C[C@H](O)COCC(=O)c1cc(F)c(=O)n(C)c1Cc1ccc(I)cc1F. The Morgan fingerprint density at radius 1 is 1.25 bits per heavy atom. The minimum Gasteiger partial charge on any atom is -0.391 e. The predicted octanol–water partition coefficient (Wildman–Crippen LogP) is 3.47. The lowest BCUT2D eigenvalue weighted by atomic mass is 10.0. The van der Waals surface area contributed by atoms with Gasteiger partial charge in [-0.3, -0.25) is 9.59 Å². The highest BCUT2D eigenvalue weighted by Gasteiger charge is 2.20. The van der Waals surface area contributed by atoms with Crippen LogP contribution < -0.4 is 5.56 Å². The molecule has 0 bridgehead atoms. The molecule has 1 heterocycles. The van der Waals surface area contributed by atoms with Gasteiger partial charge < -0.3 is 14.4 Å². The van der Waals surface area contributed by atoms with Gasteiger partial charge in [-0.25, -0.2) is 8.78 Å². The number of ether oxygens (including phenoxy) is 1. The molecule has 0 amide bonds. The fraction of sp³-hybridized carbons (Fsp3) is 0.400. The number of halogens is 3. The summed E-state index contributed by atoms with van der Waals surface area (Å²) < 4.78 is 34.8. The Labute approximate surface area is 176 Å². The van der Waals surface area contributed by atoms with Crippen molar-refractivity contribution in [3.63, 3.8) is 0 Å². The van der Waals surface area contributed by atoms with Crippen molar-refractivity contribution in [2.75, 3.05) is 13.2 Å². The average Bonchev–Trinajstić information content (AvgIpc) is 2.65. The minimum atomic E-state index is -1.07. The lowest BCUT2D eigenvalue weighted by molar-refractivity contribution is 0.0423. The molecule has 2 aromatic rings. The summed E-state index contributed by atoms with van der Waals surface area (Å²) >= 11 is 1.97. The second kappa shape index (κ2) is 11.4. The van der Waals surface area contributed by atoms with E-state index in [1.165, 1.54) is 20.0 Å². The van der Waals surface area contributed by atoms with Gasteiger partial charge in [0.2, 0.25) is 0 Å². The third kappa shape index (κ3) is 6.46. The first-order valence-corrected chi connectivity index (χ1v) is 9.90. The third-order valence-electron chi connectivity index (χ3n) is 3.76. The van der Waals surface area contributed by atoms with Crippen LogP contribution in [0.4, 0.5) is 8.78 Å². The molecule has 2 rings (SSSR count). The van der Waals surface area contributed by atoms with Gasteiger partial charge in [-0.2, -0.15) is 0 Å². The van der Waals surface area contributed by atoms with E-state index in [1.54, 1.807) is 12.1 Å². The van der Waals surface area contributed by atoms with Gasteiger partial charge in [0, 0.05) is 28.3 Å². The number of aliphatic hydroxyl groups excluding tert-OH is 1. The molecule has 1 N–H and O–H groups in total. The predicted molar refractivity (Wildman–Crippen MR) is 112 cm³/mol. The van der Waals surface area contributed by atoms with Gasteiger partial charge >= 0.3 is 0 Å². The van der Waals surface area contributed by atoms with Crippen LogP contribution in [0.15, 0.2) is 29.1 Å². The van der Waals surface area contributed by atoms with E-state index in [2.05, 4.69) is 0 Å². The summed E-state index contributed by atoms with van der Waals surface area (Å²) in [5, 5.41) is 9.18. The maximum Gasteiger partial charge on any atom is 0.286 e. The van der Waals surface area contributed by atoms with Crippen molar-refractivity contribution in [1.29, 1.82) is 0 Å². The van der Waals surface area contributed by atoms with Crippen LogP contribution in [0.5, 0.6) is 0 Å². The molecule has 0 spiro atoms. The number of rotatable bonds is 7. The Balaban J connectivity index is 0.00000190. The fourth-order valence-corrected chi connectivity index (χ4v) is 2.89. The second-order valence-corrected chi connectivity index (χ2v) is 7.16. The number of carbonyl (C=O) groups is 1. The minimum absolute atomic E-state index is 0.0480. The molecule has 154 valence electrons. The van der Waals surface area contributed by atoms with Gasteiger partial charge in [0.15, 0.2) is 11.6 Å². The molecule has 28 heavy (non-hydrogen) atoms. The van der Waals surface area contributed by atoms with E-state index in [1.807, 2.05) is 36.4 Å². The summed E-state index contributed by atoms with van der Waals surface area (Å²) in [6, 6.07) is 5.46. The number of aromatic nitrogens is 1. The summed E-state index contributed by atoms with van der Waals surface area (Å²) in [5.41, 5.74) is -0.464. The van der Waals surface area contributed by atoms with E-state index < -0.39 is 29.1 Å². The van der Waals surface area contributed by atoms with Crippen molar-refractivity contribution >= 4 is 28.4 Å². The van der Waals surface area contributed by atoms with E-state index in [4.69, 9.17) is 4.74 Å². The van der Waals surface area contributed by atoms with E-state index in [-0.39, 0.29) is 36.5 Å². The van der Waals surface area contributed by atoms with Gasteiger partial charge in [0.05, 0.1) is 12.7 Å². The maximum atomic E-state index is 14.2. The van der Waals surface area contributed by atoms with Crippen LogP contribution in [0.25, 0.3) is 0 Å². The summed E-state index contributed by atoms with van der Waals surface area (Å²) in [6.45, 7) is 5.06. The smallest absolute Gasteiger partial charge is 0.286 e. The van der Waals surface area contributed by atoms with Crippen LogP contribution in [0.2, 0.25) is 0 Å². The lowest BCUT2D eigenvalue weighted by Crippen LogP contribution is -2.28. The third-order valence-corrected chi connectivity index (χ3v) is 4.43. The van der Waals surface area contributed by atoms with Crippen molar-refractivity contribution in [1.82, 2.24) is 4.57 Å². The zero-order chi connectivity index (χ0) is 21.4. The molecule has 0 aliphatic rings. The van der Waals surface area contributed by atoms with Crippen molar-refractivity contribution in [3.8, 4) is 0 Å². The zero-order valence-corrected chi connectivity index (χ0v) is 18.4. The van der Waals surface area contributed by atoms with Crippen LogP contribution >= 0.6 is 22.6 Å². The number of pyridine rings is 1. The van der Waals surface area contributed by atoms with Gasteiger partial charge in [0.1, 0.15) is 12.4 Å².